The van der Waals surface area contributed by atoms with Crippen LogP contribution in [-0.4, -0.2) is 11.9 Å². The number of carbonyl (C=O) groups is 1. The van der Waals surface area contributed by atoms with Gasteiger partial charge in [-0.25, -0.2) is 0 Å². The van der Waals surface area contributed by atoms with Crippen LogP contribution in [0.2, 0.25) is 0 Å². The van der Waals surface area contributed by atoms with Gasteiger partial charge in [0.05, 0.1) is 0 Å². The van der Waals surface area contributed by atoms with E-state index >= 15 is 0 Å². The van der Waals surface area contributed by atoms with Crippen LogP contribution in [0.1, 0.15) is 99.9 Å². The molecule has 2 atom stereocenters. The Hall–Kier alpha value is -2.23. The summed E-state index contributed by atoms with van der Waals surface area (Å²) in [6.07, 6.45) is 10.3. The van der Waals surface area contributed by atoms with Crippen LogP contribution in [0, 0.1) is 23.2 Å². The lowest BCUT2D eigenvalue weighted by Crippen LogP contribution is -2.56. The standard InChI is InChI=1S/C29H39NO3/c1-4-19(3)23-6-8-24(9-7-23)32-18-25-10-11-26(33-25)28(31)30-27(5-2)29-15-20-12-21(16-29)14-22(13-20)17-29/h6-11,19-22,27H,4-5,12-18H2,1-3H3,(H,30,31). The largest absolute Gasteiger partial charge is 0.486 e. The summed E-state index contributed by atoms with van der Waals surface area (Å²) >= 11 is 0. The number of furan rings is 1. The van der Waals surface area contributed by atoms with Gasteiger partial charge < -0.3 is 14.5 Å². The molecule has 4 nitrogen and oxygen atoms in total. The van der Waals surface area contributed by atoms with E-state index in [4.69, 9.17) is 9.15 Å². The van der Waals surface area contributed by atoms with Crippen molar-refractivity contribution in [2.24, 2.45) is 23.2 Å². The Kier molecular flexibility index (Phi) is 6.28. The summed E-state index contributed by atoms with van der Waals surface area (Å²) in [5.74, 6) is 5.00. The molecule has 33 heavy (non-hydrogen) atoms. The third kappa shape index (κ3) is 4.58. The number of carbonyl (C=O) groups excluding carboxylic acids is 1. The molecule has 4 saturated carbocycles. The predicted octanol–water partition coefficient (Wildman–Crippen LogP) is 7.10. The Balaban J connectivity index is 1.19. The highest BCUT2D eigenvalue weighted by Crippen LogP contribution is 2.61. The molecule has 4 bridgehead atoms. The molecule has 0 spiro atoms. The van der Waals surface area contributed by atoms with E-state index in [1.807, 2.05) is 18.2 Å². The quantitative estimate of drug-likeness (QED) is 0.444. The summed E-state index contributed by atoms with van der Waals surface area (Å²) in [5.41, 5.74) is 1.63. The van der Waals surface area contributed by atoms with Gasteiger partial charge in [-0.2, -0.15) is 0 Å². The minimum atomic E-state index is -0.0817. The van der Waals surface area contributed by atoms with Crippen molar-refractivity contribution >= 4 is 5.91 Å². The van der Waals surface area contributed by atoms with Crippen molar-refractivity contribution in [1.29, 1.82) is 0 Å². The van der Waals surface area contributed by atoms with Gasteiger partial charge in [-0.3, -0.25) is 4.79 Å². The van der Waals surface area contributed by atoms with E-state index in [2.05, 4.69) is 38.2 Å². The second-order valence-electron chi connectivity index (χ2n) is 11.1. The highest BCUT2D eigenvalue weighted by atomic mass is 16.5. The van der Waals surface area contributed by atoms with Crippen LogP contribution in [0.4, 0.5) is 0 Å². The van der Waals surface area contributed by atoms with E-state index in [0.717, 1.165) is 36.3 Å². The maximum atomic E-state index is 13.1. The molecule has 2 unspecified atom stereocenters. The number of ether oxygens (including phenoxy) is 1. The Morgan fingerprint density at radius 1 is 1.00 bits per heavy atom. The minimum Gasteiger partial charge on any atom is -0.486 e. The van der Waals surface area contributed by atoms with Crippen LogP contribution in [0.3, 0.4) is 0 Å². The molecule has 6 rings (SSSR count). The maximum absolute atomic E-state index is 13.1. The molecule has 4 fully saturated rings. The molecule has 0 radical (unpaired) electrons. The summed E-state index contributed by atoms with van der Waals surface area (Å²) in [4.78, 5) is 13.1. The summed E-state index contributed by atoms with van der Waals surface area (Å²) in [6.45, 7) is 6.97. The number of hydrogen-bond donors (Lipinski definition) is 1. The predicted molar refractivity (Wildman–Crippen MR) is 130 cm³/mol. The van der Waals surface area contributed by atoms with Gasteiger partial charge in [0, 0.05) is 6.04 Å². The van der Waals surface area contributed by atoms with E-state index in [0.29, 0.717) is 29.5 Å². The fourth-order valence-corrected chi connectivity index (χ4v) is 7.38. The molecule has 0 aliphatic heterocycles. The van der Waals surface area contributed by atoms with E-state index in [1.54, 1.807) is 6.07 Å². The Labute approximate surface area is 198 Å². The first-order valence-electron chi connectivity index (χ1n) is 13.1. The Morgan fingerprint density at radius 3 is 2.21 bits per heavy atom. The number of hydrogen-bond acceptors (Lipinski definition) is 3. The van der Waals surface area contributed by atoms with Gasteiger partial charge in [0.2, 0.25) is 0 Å². The average molecular weight is 450 g/mol. The number of benzene rings is 1. The van der Waals surface area contributed by atoms with Crippen LogP contribution in [0.15, 0.2) is 40.8 Å². The topological polar surface area (TPSA) is 51.5 Å². The zero-order valence-electron chi connectivity index (χ0n) is 20.4. The molecule has 1 aromatic heterocycles. The fourth-order valence-electron chi connectivity index (χ4n) is 7.38. The minimum absolute atomic E-state index is 0.0817. The lowest BCUT2D eigenvalue weighted by molar-refractivity contribution is -0.0728. The smallest absolute Gasteiger partial charge is 0.287 e. The number of rotatable bonds is 9. The van der Waals surface area contributed by atoms with Crippen molar-refractivity contribution in [2.75, 3.05) is 0 Å². The molecule has 178 valence electrons. The highest BCUT2D eigenvalue weighted by Gasteiger charge is 2.54. The molecular weight excluding hydrogens is 410 g/mol. The number of amides is 1. The fraction of sp³-hybridized carbons (Fsp3) is 0.621. The summed E-state index contributed by atoms with van der Waals surface area (Å²) < 4.78 is 11.8. The molecule has 2 aromatic rings. The van der Waals surface area contributed by atoms with Gasteiger partial charge in [-0.1, -0.05) is 32.9 Å². The summed E-state index contributed by atoms with van der Waals surface area (Å²) in [6, 6.07) is 12.2. The SMILES string of the molecule is CCC(C)c1ccc(OCc2ccc(C(=O)NC(CC)C34CC5CC(CC(C5)C3)C4)o2)cc1. The molecule has 1 heterocycles. The zero-order chi connectivity index (χ0) is 23.0. The van der Waals surface area contributed by atoms with Gasteiger partial charge >= 0.3 is 0 Å². The highest BCUT2D eigenvalue weighted by molar-refractivity contribution is 5.91. The third-order valence-corrected chi connectivity index (χ3v) is 8.87. The first-order chi connectivity index (χ1) is 16.0. The first kappa shape index (κ1) is 22.6. The summed E-state index contributed by atoms with van der Waals surface area (Å²) in [7, 11) is 0. The van der Waals surface area contributed by atoms with Gasteiger partial charge in [0.25, 0.3) is 5.91 Å². The van der Waals surface area contributed by atoms with E-state index in [9.17, 15) is 4.79 Å². The van der Waals surface area contributed by atoms with E-state index in [1.165, 1.54) is 44.1 Å². The molecule has 0 saturated heterocycles. The first-order valence-corrected chi connectivity index (χ1v) is 13.1. The van der Waals surface area contributed by atoms with Crippen molar-refractivity contribution in [3.8, 4) is 5.75 Å². The van der Waals surface area contributed by atoms with Crippen LogP contribution >= 0.6 is 0 Å². The van der Waals surface area contributed by atoms with Crippen molar-refractivity contribution < 1.29 is 13.9 Å². The molecular formula is C29H39NO3. The molecule has 4 heteroatoms. The van der Waals surface area contributed by atoms with Gasteiger partial charge in [0.15, 0.2) is 5.76 Å². The van der Waals surface area contributed by atoms with Gasteiger partial charge in [0.1, 0.15) is 18.1 Å². The van der Waals surface area contributed by atoms with E-state index < -0.39 is 0 Å². The van der Waals surface area contributed by atoms with Crippen LogP contribution in [0.5, 0.6) is 5.75 Å². The van der Waals surface area contributed by atoms with Crippen molar-refractivity contribution in [3.05, 3.63) is 53.5 Å². The second-order valence-corrected chi connectivity index (χ2v) is 11.1. The molecule has 4 aliphatic carbocycles. The van der Waals surface area contributed by atoms with Crippen LogP contribution in [0.25, 0.3) is 0 Å². The second kappa shape index (κ2) is 9.19. The third-order valence-electron chi connectivity index (χ3n) is 8.87. The van der Waals surface area contributed by atoms with Gasteiger partial charge in [-0.05, 0) is 110 Å². The summed E-state index contributed by atoms with van der Waals surface area (Å²) in [5, 5.41) is 3.38. The molecule has 1 N–H and O–H groups in total. The van der Waals surface area contributed by atoms with Crippen LogP contribution < -0.4 is 10.1 Å². The molecule has 1 amide bonds. The van der Waals surface area contributed by atoms with Gasteiger partial charge in [-0.15, -0.1) is 0 Å². The Bertz CT molecular complexity index is 924. The molecule has 1 aromatic carbocycles. The average Bonchev–Trinajstić information content (AvgIpc) is 3.29. The molecule has 4 aliphatic rings. The maximum Gasteiger partial charge on any atom is 0.287 e. The monoisotopic (exact) mass is 449 g/mol. The normalized spacial score (nSPS) is 29.6. The Morgan fingerprint density at radius 2 is 1.64 bits per heavy atom. The lowest BCUT2D eigenvalue weighted by Gasteiger charge is -2.59. The van der Waals surface area contributed by atoms with Crippen LogP contribution in [-0.2, 0) is 6.61 Å². The lowest BCUT2D eigenvalue weighted by atomic mass is 9.47. The van der Waals surface area contributed by atoms with E-state index in [-0.39, 0.29) is 11.9 Å². The van der Waals surface area contributed by atoms with Crippen molar-refractivity contribution in [3.63, 3.8) is 0 Å². The van der Waals surface area contributed by atoms with Crippen molar-refractivity contribution in [1.82, 2.24) is 5.32 Å². The van der Waals surface area contributed by atoms with Crippen molar-refractivity contribution in [2.45, 2.75) is 90.7 Å². The number of nitrogens with one attached hydrogen (secondary N) is 1. The zero-order valence-corrected chi connectivity index (χ0v) is 20.4.